The zero-order valence-electron chi connectivity index (χ0n) is 19.6. The molecule has 0 radical (unpaired) electrons. The minimum atomic E-state index is -0.215. The summed E-state index contributed by atoms with van der Waals surface area (Å²) in [6.45, 7) is 7.14. The number of carbonyl (C=O) groups is 1. The average molecular weight is 458 g/mol. The second-order valence-electron chi connectivity index (χ2n) is 9.42. The van der Waals surface area contributed by atoms with Crippen molar-refractivity contribution in [1.82, 2.24) is 15.2 Å². The number of pyridine rings is 1. The van der Waals surface area contributed by atoms with Crippen molar-refractivity contribution in [3.8, 4) is 16.9 Å². The fraction of sp³-hybridized carbons (Fsp3) is 0.357. The molecule has 1 atom stereocenters. The number of hydrogen-bond acceptors (Lipinski definition) is 5. The fourth-order valence-corrected chi connectivity index (χ4v) is 4.74. The second-order valence-corrected chi connectivity index (χ2v) is 9.42. The van der Waals surface area contributed by atoms with Gasteiger partial charge in [0.2, 0.25) is 5.91 Å². The van der Waals surface area contributed by atoms with Gasteiger partial charge in [0.25, 0.3) is 0 Å². The van der Waals surface area contributed by atoms with E-state index in [1.165, 1.54) is 5.56 Å². The third kappa shape index (κ3) is 5.46. The predicted molar refractivity (Wildman–Crippen MR) is 132 cm³/mol. The van der Waals surface area contributed by atoms with Crippen LogP contribution in [-0.4, -0.2) is 54.2 Å². The molecule has 6 heteroatoms. The van der Waals surface area contributed by atoms with E-state index in [9.17, 15) is 4.79 Å². The Morgan fingerprint density at radius 1 is 1.06 bits per heavy atom. The minimum absolute atomic E-state index is 0.0293. The molecule has 2 aliphatic heterocycles. The summed E-state index contributed by atoms with van der Waals surface area (Å²) in [4.78, 5) is 19.3. The van der Waals surface area contributed by atoms with Gasteiger partial charge in [-0.15, -0.1) is 0 Å². The highest BCUT2D eigenvalue weighted by Gasteiger charge is 2.37. The molecule has 3 aromatic rings. The first-order valence-corrected chi connectivity index (χ1v) is 11.9. The van der Waals surface area contributed by atoms with Crippen LogP contribution in [0.1, 0.15) is 23.7 Å². The number of amides is 1. The maximum atomic E-state index is 12.3. The monoisotopic (exact) mass is 457 g/mol. The summed E-state index contributed by atoms with van der Waals surface area (Å²) in [6.07, 6.45) is 3.01. The zero-order chi connectivity index (χ0) is 23.4. The SMILES string of the molecule is CC1(CN2CCOCC2)Cc2cc(-c3ccc(CC(=O)NCc4ccccc4)nc3)ccc2O1. The molecule has 0 spiro atoms. The first-order valence-electron chi connectivity index (χ1n) is 11.9. The van der Waals surface area contributed by atoms with Crippen LogP contribution >= 0.6 is 0 Å². The van der Waals surface area contributed by atoms with Crippen molar-refractivity contribution in [2.75, 3.05) is 32.8 Å². The molecular formula is C28H31N3O3. The largest absolute Gasteiger partial charge is 0.486 e. The maximum absolute atomic E-state index is 12.3. The summed E-state index contributed by atoms with van der Waals surface area (Å²) >= 11 is 0. The number of nitrogens with one attached hydrogen (secondary N) is 1. The topological polar surface area (TPSA) is 63.7 Å². The molecule has 34 heavy (non-hydrogen) atoms. The van der Waals surface area contributed by atoms with Crippen LogP contribution in [0.4, 0.5) is 0 Å². The van der Waals surface area contributed by atoms with Gasteiger partial charge < -0.3 is 14.8 Å². The van der Waals surface area contributed by atoms with E-state index < -0.39 is 0 Å². The van der Waals surface area contributed by atoms with Crippen molar-refractivity contribution in [3.63, 3.8) is 0 Å². The van der Waals surface area contributed by atoms with E-state index in [1.807, 2.05) is 48.7 Å². The Bertz CT molecular complexity index is 1130. The number of nitrogens with zero attached hydrogens (tertiary/aromatic N) is 2. The molecule has 1 amide bonds. The van der Waals surface area contributed by atoms with Crippen molar-refractivity contribution < 1.29 is 14.3 Å². The summed E-state index contributed by atoms with van der Waals surface area (Å²) in [5, 5.41) is 2.96. The first-order chi connectivity index (χ1) is 16.6. The molecule has 0 saturated carbocycles. The third-order valence-electron chi connectivity index (χ3n) is 6.48. The lowest BCUT2D eigenvalue weighted by molar-refractivity contribution is -0.120. The van der Waals surface area contributed by atoms with Crippen molar-refractivity contribution >= 4 is 5.91 Å². The molecule has 2 aliphatic rings. The quantitative estimate of drug-likeness (QED) is 0.587. The molecule has 3 heterocycles. The standard InChI is InChI=1S/C28H31N3O3/c1-28(20-31-11-13-33-14-12-31)17-24-15-22(8-10-26(24)34-28)23-7-9-25(29-19-23)16-27(32)30-18-21-5-3-2-4-6-21/h2-10,15,19H,11-14,16-18,20H2,1H3,(H,30,32). The van der Waals surface area contributed by atoms with Gasteiger partial charge in [0.05, 0.1) is 19.6 Å². The van der Waals surface area contributed by atoms with E-state index in [1.54, 1.807) is 0 Å². The normalized spacial score (nSPS) is 19.9. The van der Waals surface area contributed by atoms with Gasteiger partial charge in [0, 0.05) is 50.1 Å². The van der Waals surface area contributed by atoms with Crippen molar-refractivity contribution in [3.05, 3.63) is 83.7 Å². The summed E-state index contributed by atoms with van der Waals surface area (Å²) in [7, 11) is 0. The number of fused-ring (bicyclic) bond motifs is 1. The highest BCUT2D eigenvalue weighted by molar-refractivity contribution is 5.78. The van der Waals surface area contributed by atoms with Gasteiger partial charge in [-0.1, -0.05) is 42.5 Å². The van der Waals surface area contributed by atoms with Gasteiger partial charge in [-0.05, 0) is 41.8 Å². The predicted octanol–water partition coefficient (Wildman–Crippen LogP) is 3.63. The van der Waals surface area contributed by atoms with Crippen molar-refractivity contribution in [1.29, 1.82) is 0 Å². The van der Waals surface area contributed by atoms with Crippen molar-refractivity contribution in [2.45, 2.75) is 31.9 Å². The number of aromatic nitrogens is 1. The Balaban J connectivity index is 1.19. The molecule has 1 saturated heterocycles. The van der Waals surface area contributed by atoms with Gasteiger partial charge in [-0.2, -0.15) is 0 Å². The summed E-state index contributed by atoms with van der Waals surface area (Å²) in [5.74, 6) is 0.942. The van der Waals surface area contributed by atoms with E-state index in [0.717, 1.165) is 67.4 Å². The molecule has 0 bridgehead atoms. The minimum Gasteiger partial charge on any atom is -0.486 e. The van der Waals surface area contributed by atoms with Gasteiger partial charge in [0.1, 0.15) is 11.4 Å². The number of hydrogen-bond donors (Lipinski definition) is 1. The second kappa shape index (κ2) is 9.95. The molecule has 6 nitrogen and oxygen atoms in total. The van der Waals surface area contributed by atoms with Crippen LogP contribution in [0.15, 0.2) is 66.9 Å². The molecule has 5 rings (SSSR count). The number of rotatable bonds is 7. The third-order valence-corrected chi connectivity index (χ3v) is 6.48. The van der Waals surface area contributed by atoms with E-state index in [0.29, 0.717) is 6.54 Å². The Morgan fingerprint density at radius 2 is 1.85 bits per heavy atom. The van der Waals surface area contributed by atoms with E-state index in [4.69, 9.17) is 9.47 Å². The maximum Gasteiger partial charge on any atom is 0.226 e. The first kappa shape index (κ1) is 22.6. The van der Waals surface area contributed by atoms with Crippen molar-refractivity contribution in [2.24, 2.45) is 0 Å². The number of morpholine rings is 1. The van der Waals surface area contributed by atoms with E-state index in [2.05, 4.69) is 40.3 Å². The Morgan fingerprint density at radius 3 is 2.62 bits per heavy atom. The lowest BCUT2D eigenvalue weighted by atomic mass is 9.96. The van der Waals surface area contributed by atoms with Crippen LogP contribution in [0.3, 0.4) is 0 Å². The molecule has 2 aromatic carbocycles. The van der Waals surface area contributed by atoms with Crippen LogP contribution in [0.25, 0.3) is 11.1 Å². The van der Waals surface area contributed by atoms with Gasteiger partial charge in [0.15, 0.2) is 0 Å². The van der Waals surface area contributed by atoms with Gasteiger partial charge in [-0.3, -0.25) is 14.7 Å². The van der Waals surface area contributed by atoms with Crippen LogP contribution < -0.4 is 10.1 Å². The molecular weight excluding hydrogens is 426 g/mol. The molecule has 176 valence electrons. The van der Waals surface area contributed by atoms with Crippen LogP contribution in [0.2, 0.25) is 0 Å². The Labute approximate surface area is 200 Å². The number of benzene rings is 2. The lowest BCUT2D eigenvalue weighted by Crippen LogP contribution is -2.48. The Kier molecular flexibility index (Phi) is 6.61. The molecule has 0 aliphatic carbocycles. The van der Waals surface area contributed by atoms with Crippen LogP contribution in [0, 0.1) is 0 Å². The summed E-state index contributed by atoms with van der Waals surface area (Å²) in [6, 6.07) is 20.2. The highest BCUT2D eigenvalue weighted by Crippen LogP contribution is 2.38. The molecule has 1 aromatic heterocycles. The number of ether oxygens (including phenoxy) is 2. The number of carbonyl (C=O) groups excluding carboxylic acids is 1. The molecule has 1 fully saturated rings. The summed E-state index contributed by atoms with van der Waals surface area (Å²) < 4.78 is 11.8. The van der Waals surface area contributed by atoms with Crippen LogP contribution in [0.5, 0.6) is 5.75 Å². The molecule has 1 unspecified atom stereocenters. The Hall–Kier alpha value is -3.22. The smallest absolute Gasteiger partial charge is 0.226 e. The lowest BCUT2D eigenvalue weighted by Gasteiger charge is -2.34. The fourth-order valence-electron chi connectivity index (χ4n) is 4.74. The van der Waals surface area contributed by atoms with Gasteiger partial charge in [-0.25, -0.2) is 0 Å². The zero-order valence-corrected chi connectivity index (χ0v) is 19.6. The summed E-state index contributed by atoms with van der Waals surface area (Å²) in [5.41, 5.74) is 5.02. The van der Waals surface area contributed by atoms with Gasteiger partial charge >= 0.3 is 0 Å². The average Bonchev–Trinajstić information content (AvgIpc) is 3.19. The highest BCUT2D eigenvalue weighted by atomic mass is 16.5. The van der Waals surface area contributed by atoms with Crippen LogP contribution in [-0.2, 0) is 28.9 Å². The van der Waals surface area contributed by atoms with E-state index >= 15 is 0 Å². The molecule has 1 N–H and O–H groups in total. The van der Waals surface area contributed by atoms with E-state index in [-0.39, 0.29) is 17.9 Å².